The largest absolute Gasteiger partial charge is 0.479 e. The summed E-state index contributed by atoms with van der Waals surface area (Å²) in [6, 6.07) is 13.0. The summed E-state index contributed by atoms with van der Waals surface area (Å²) in [5.74, 6) is -2.00. The molecule has 0 heterocycles. The van der Waals surface area contributed by atoms with Crippen molar-refractivity contribution in [2.45, 2.75) is 85.4 Å². The molecule has 42 heavy (non-hydrogen) atoms. The van der Waals surface area contributed by atoms with Gasteiger partial charge in [0.05, 0.1) is 11.3 Å². The number of carbonyl (C=O) groups is 3. The zero-order valence-corrected chi connectivity index (χ0v) is 25.3. The first-order chi connectivity index (χ1) is 19.7. The number of carbonyl (C=O) groups excluding carboxylic acids is 2. The zero-order chi connectivity index (χ0) is 30.8. The van der Waals surface area contributed by atoms with Crippen LogP contribution >= 0.6 is 0 Å². The summed E-state index contributed by atoms with van der Waals surface area (Å²) in [6.07, 6.45) is 1.91. The number of carboxylic acids is 1. The van der Waals surface area contributed by atoms with E-state index in [0.717, 1.165) is 40.7 Å². The number of aryl methyl sites for hydroxylation is 1. The van der Waals surface area contributed by atoms with Gasteiger partial charge in [-0.3, -0.25) is 9.59 Å². The van der Waals surface area contributed by atoms with Crippen molar-refractivity contribution >= 4 is 23.3 Å². The third kappa shape index (κ3) is 7.13. The summed E-state index contributed by atoms with van der Waals surface area (Å²) < 4.78 is 19.9. The average molecular weight is 574 g/mol. The number of amides is 1. The van der Waals surface area contributed by atoms with Gasteiger partial charge in [-0.25, -0.2) is 9.18 Å². The number of ketones is 1. The van der Waals surface area contributed by atoms with Crippen molar-refractivity contribution in [1.82, 2.24) is 0 Å². The Kier molecular flexibility index (Phi) is 9.31. The van der Waals surface area contributed by atoms with E-state index in [1.165, 1.54) is 12.1 Å². The molecule has 7 heteroatoms. The van der Waals surface area contributed by atoms with Crippen molar-refractivity contribution in [3.8, 4) is 0 Å². The quantitative estimate of drug-likeness (QED) is 0.213. The van der Waals surface area contributed by atoms with Crippen LogP contribution in [0.15, 0.2) is 48.5 Å². The standard InChI is InChI=1S/C35H40FNO5/c1-20-13-15-24(16-14-20)33(39)37-31-22(3)28-17-23(18-29(38)25-10-8-11-26(36)19-25)9-7-12-27(28)21(2)30(31)32(34(40)41)42-35(4,5)6/h8,10-11,13-16,19,23,32H,7,9,12,17-18H2,1-6H3,(H,37,39)(H,40,41)/t23?,32-/m0/s1. The third-order valence-corrected chi connectivity index (χ3v) is 7.98. The highest BCUT2D eigenvalue weighted by atomic mass is 19.1. The van der Waals surface area contributed by atoms with Crippen LogP contribution in [-0.2, 0) is 22.4 Å². The average Bonchev–Trinajstić information content (AvgIpc) is 3.13. The molecule has 0 fully saturated rings. The van der Waals surface area contributed by atoms with Crippen LogP contribution < -0.4 is 5.32 Å². The van der Waals surface area contributed by atoms with Crippen LogP contribution in [0.3, 0.4) is 0 Å². The second-order valence-corrected chi connectivity index (χ2v) is 12.4. The van der Waals surface area contributed by atoms with Crippen molar-refractivity contribution in [1.29, 1.82) is 0 Å². The van der Waals surface area contributed by atoms with E-state index in [4.69, 9.17) is 4.74 Å². The summed E-state index contributed by atoms with van der Waals surface area (Å²) in [5, 5.41) is 13.4. The lowest BCUT2D eigenvalue weighted by Crippen LogP contribution is -2.30. The highest BCUT2D eigenvalue weighted by molar-refractivity contribution is 6.06. The van der Waals surface area contributed by atoms with E-state index in [1.807, 2.05) is 32.9 Å². The van der Waals surface area contributed by atoms with Gasteiger partial charge in [0.15, 0.2) is 11.9 Å². The number of ether oxygens (including phenoxy) is 1. The second kappa shape index (κ2) is 12.6. The lowest BCUT2D eigenvalue weighted by molar-refractivity contribution is -0.160. The molecule has 0 aliphatic heterocycles. The Morgan fingerprint density at radius 3 is 2.31 bits per heavy atom. The lowest BCUT2D eigenvalue weighted by Gasteiger charge is -2.31. The highest BCUT2D eigenvalue weighted by Gasteiger charge is 2.35. The number of benzene rings is 3. The van der Waals surface area contributed by atoms with E-state index in [9.17, 15) is 23.9 Å². The minimum atomic E-state index is -1.30. The summed E-state index contributed by atoms with van der Waals surface area (Å²) in [4.78, 5) is 39.2. The fraction of sp³-hybridized carbons (Fsp3) is 0.400. The van der Waals surface area contributed by atoms with Crippen LogP contribution in [-0.4, -0.2) is 28.4 Å². The summed E-state index contributed by atoms with van der Waals surface area (Å²) in [5.41, 5.74) is 5.59. The Morgan fingerprint density at radius 1 is 1.00 bits per heavy atom. The number of rotatable bonds is 8. The number of Topliss-reactive ketones (excluding diaryl/α,β-unsaturated/α-hetero) is 1. The second-order valence-electron chi connectivity index (χ2n) is 12.4. The van der Waals surface area contributed by atoms with Gasteiger partial charge in [0.2, 0.25) is 0 Å². The molecule has 3 aromatic carbocycles. The van der Waals surface area contributed by atoms with Crippen molar-refractivity contribution < 1.29 is 28.6 Å². The van der Waals surface area contributed by atoms with Gasteiger partial charge in [0, 0.05) is 23.1 Å². The van der Waals surface area contributed by atoms with Gasteiger partial charge in [0.25, 0.3) is 5.91 Å². The van der Waals surface area contributed by atoms with E-state index in [1.54, 1.807) is 45.0 Å². The minimum Gasteiger partial charge on any atom is -0.479 e. The van der Waals surface area contributed by atoms with E-state index in [0.29, 0.717) is 35.2 Å². The molecule has 6 nitrogen and oxygen atoms in total. The van der Waals surface area contributed by atoms with Crippen LogP contribution in [0.5, 0.6) is 0 Å². The molecule has 2 N–H and O–H groups in total. The predicted octanol–water partition coefficient (Wildman–Crippen LogP) is 7.71. The van der Waals surface area contributed by atoms with Gasteiger partial charge in [-0.1, -0.05) is 29.8 Å². The highest BCUT2D eigenvalue weighted by Crippen LogP contribution is 2.42. The van der Waals surface area contributed by atoms with Crippen molar-refractivity contribution in [3.63, 3.8) is 0 Å². The first-order valence-electron chi connectivity index (χ1n) is 14.5. The molecule has 222 valence electrons. The fourth-order valence-corrected chi connectivity index (χ4v) is 5.91. The van der Waals surface area contributed by atoms with Crippen LogP contribution in [0.1, 0.15) is 100 Å². The summed E-state index contributed by atoms with van der Waals surface area (Å²) >= 11 is 0. The van der Waals surface area contributed by atoms with Gasteiger partial charge < -0.3 is 15.2 Å². The molecule has 0 saturated carbocycles. The molecule has 1 aliphatic rings. The van der Waals surface area contributed by atoms with Crippen LogP contribution in [0.2, 0.25) is 0 Å². The lowest BCUT2D eigenvalue weighted by atomic mass is 9.83. The molecular weight excluding hydrogens is 533 g/mol. The van der Waals surface area contributed by atoms with Gasteiger partial charge in [-0.2, -0.15) is 0 Å². The Labute approximate surface area is 247 Å². The van der Waals surface area contributed by atoms with Crippen LogP contribution in [0.4, 0.5) is 10.1 Å². The number of aliphatic carboxylic acids is 1. The molecular formula is C35H40FNO5. The maximum Gasteiger partial charge on any atom is 0.337 e. The molecule has 0 aromatic heterocycles. The van der Waals surface area contributed by atoms with Crippen molar-refractivity contribution in [3.05, 3.63) is 98.9 Å². The number of hydrogen-bond acceptors (Lipinski definition) is 4. The molecule has 0 radical (unpaired) electrons. The van der Waals surface area contributed by atoms with E-state index in [-0.39, 0.29) is 24.0 Å². The Morgan fingerprint density at radius 2 is 1.69 bits per heavy atom. The first kappa shape index (κ1) is 31.1. The summed E-state index contributed by atoms with van der Waals surface area (Å²) in [6.45, 7) is 11.2. The smallest absolute Gasteiger partial charge is 0.337 e. The SMILES string of the molecule is Cc1ccc(C(=O)Nc2c(C)c3c(c(C)c2[C@H](OC(C)(C)C)C(=O)O)CCCC(CC(=O)c2cccc(F)c2)C3)cc1. The van der Waals surface area contributed by atoms with Crippen molar-refractivity contribution in [2.24, 2.45) is 5.92 Å². The fourth-order valence-electron chi connectivity index (χ4n) is 5.91. The normalized spacial score (nSPS) is 15.8. The molecule has 0 saturated heterocycles. The van der Waals surface area contributed by atoms with Crippen LogP contribution in [0.25, 0.3) is 0 Å². The number of halogens is 1. The van der Waals surface area contributed by atoms with Crippen molar-refractivity contribution in [2.75, 3.05) is 5.32 Å². The molecule has 1 aliphatic carbocycles. The molecule has 1 unspecified atom stereocenters. The molecule has 1 amide bonds. The third-order valence-electron chi connectivity index (χ3n) is 7.98. The van der Waals surface area contributed by atoms with Crippen LogP contribution in [0, 0.1) is 32.5 Å². The van der Waals surface area contributed by atoms with Gasteiger partial charge in [-0.15, -0.1) is 0 Å². The van der Waals surface area contributed by atoms with E-state index < -0.39 is 23.5 Å². The predicted molar refractivity (Wildman–Crippen MR) is 162 cm³/mol. The molecule has 0 spiro atoms. The first-order valence-corrected chi connectivity index (χ1v) is 14.5. The molecule has 0 bridgehead atoms. The molecule has 2 atom stereocenters. The zero-order valence-electron chi connectivity index (χ0n) is 25.3. The Hall–Kier alpha value is -3.84. The number of anilines is 1. The Balaban J connectivity index is 1.80. The van der Waals surface area contributed by atoms with E-state index in [2.05, 4.69) is 5.32 Å². The van der Waals surface area contributed by atoms with E-state index >= 15 is 0 Å². The van der Waals surface area contributed by atoms with Gasteiger partial charge in [0.1, 0.15) is 5.82 Å². The number of hydrogen-bond donors (Lipinski definition) is 2. The molecule has 4 rings (SSSR count). The number of carboxylic acid groups (broad SMARTS) is 1. The van der Waals surface area contributed by atoms with Gasteiger partial charge in [-0.05, 0) is 120 Å². The Bertz CT molecular complexity index is 1500. The maximum atomic E-state index is 13.8. The number of fused-ring (bicyclic) bond motifs is 1. The monoisotopic (exact) mass is 573 g/mol. The maximum absolute atomic E-state index is 13.8. The topological polar surface area (TPSA) is 92.7 Å². The van der Waals surface area contributed by atoms with Gasteiger partial charge >= 0.3 is 5.97 Å². The summed E-state index contributed by atoms with van der Waals surface area (Å²) in [7, 11) is 0. The minimum absolute atomic E-state index is 0.0210. The number of nitrogens with one attached hydrogen (secondary N) is 1. The molecule has 3 aromatic rings.